The molecule has 0 spiro atoms. The van der Waals surface area contributed by atoms with Gasteiger partial charge in [-0.2, -0.15) is 5.26 Å². The van der Waals surface area contributed by atoms with E-state index in [1.165, 1.54) is 18.4 Å². The van der Waals surface area contributed by atoms with Gasteiger partial charge in [0.2, 0.25) is 0 Å². The van der Waals surface area contributed by atoms with E-state index >= 15 is 0 Å². The average molecular weight is 333 g/mol. The van der Waals surface area contributed by atoms with Crippen LogP contribution in [0.3, 0.4) is 0 Å². The highest BCUT2D eigenvalue weighted by Gasteiger charge is 2.24. The van der Waals surface area contributed by atoms with Gasteiger partial charge in [-0.15, -0.1) is 0 Å². The molecule has 3 heterocycles. The molecule has 128 valence electrons. The fourth-order valence-corrected chi connectivity index (χ4v) is 3.86. The Kier molecular flexibility index (Phi) is 4.29. The lowest BCUT2D eigenvalue weighted by Gasteiger charge is -2.31. The maximum atomic E-state index is 9.23. The quantitative estimate of drug-likeness (QED) is 0.793. The highest BCUT2D eigenvalue weighted by molar-refractivity contribution is 5.74. The van der Waals surface area contributed by atoms with Crippen LogP contribution >= 0.6 is 0 Å². The number of likely N-dealkylation sites (tertiary alicyclic amines) is 1. The molecule has 0 unspecified atom stereocenters. The van der Waals surface area contributed by atoms with Crippen LogP contribution in [0.2, 0.25) is 0 Å². The highest BCUT2D eigenvalue weighted by atomic mass is 15.1. The smallest absolute Gasteiger partial charge is 0.120 e. The summed E-state index contributed by atoms with van der Waals surface area (Å²) in [5.74, 6) is 1.56. The Labute approximate surface area is 147 Å². The third-order valence-electron chi connectivity index (χ3n) is 5.11. The largest absolute Gasteiger partial charge is 0.342 e. The van der Waals surface area contributed by atoms with E-state index in [2.05, 4.69) is 41.2 Å². The molecule has 0 saturated carbocycles. The normalized spacial score (nSPS) is 18.5. The topological polar surface area (TPSA) is 60.6 Å². The van der Waals surface area contributed by atoms with Crippen LogP contribution in [-0.4, -0.2) is 32.5 Å². The molecule has 5 heteroatoms. The number of nitrogens with zero attached hydrogens (tertiary/aromatic N) is 4. The fourth-order valence-electron chi connectivity index (χ4n) is 3.86. The number of nitrogens with one attached hydrogen (secondary N) is 1. The van der Waals surface area contributed by atoms with Crippen molar-refractivity contribution in [2.45, 2.75) is 38.8 Å². The molecular formula is C20H23N5. The summed E-state index contributed by atoms with van der Waals surface area (Å²) in [5, 5.41) is 9.23. The second kappa shape index (κ2) is 6.73. The van der Waals surface area contributed by atoms with Gasteiger partial charge in [0.05, 0.1) is 11.0 Å². The highest BCUT2D eigenvalue weighted by Crippen LogP contribution is 2.27. The zero-order valence-corrected chi connectivity index (χ0v) is 14.6. The van der Waals surface area contributed by atoms with E-state index in [-0.39, 0.29) is 0 Å². The van der Waals surface area contributed by atoms with Crippen molar-refractivity contribution in [3.63, 3.8) is 0 Å². The van der Waals surface area contributed by atoms with Gasteiger partial charge in [-0.05, 0) is 50.1 Å². The van der Waals surface area contributed by atoms with Crippen LogP contribution in [0.25, 0.3) is 11.0 Å². The van der Waals surface area contributed by atoms with E-state index in [0.717, 1.165) is 48.7 Å². The molecule has 4 rings (SSSR count). The first-order valence-electron chi connectivity index (χ1n) is 9.03. The number of H-pyrrole nitrogens is 1. The van der Waals surface area contributed by atoms with Crippen LogP contribution < -0.4 is 0 Å². The number of hydrogen-bond acceptors (Lipinski definition) is 3. The number of benzene rings is 1. The van der Waals surface area contributed by atoms with Gasteiger partial charge < -0.3 is 9.55 Å². The summed E-state index contributed by atoms with van der Waals surface area (Å²) >= 11 is 0. The summed E-state index contributed by atoms with van der Waals surface area (Å²) < 4.78 is 2.02. The molecular weight excluding hydrogens is 310 g/mol. The Morgan fingerprint density at radius 1 is 1.36 bits per heavy atom. The van der Waals surface area contributed by atoms with Gasteiger partial charge in [0.15, 0.2) is 0 Å². The van der Waals surface area contributed by atoms with E-state index in [4.69, 9.17) is 4.98 Å². The van der Waals surface area contributed by atoms with E-state index in [1.807, 2.05) is 22.8 Å². The number of para-hydroxylation sites is 2. The average Bonchev–Trinajstić information content (AvgIpc) is 3.25. The maximum absolute atomic E-state index is 9.23. The molecule has 1 saturated heterocycles. The number of nitriles is 1. The second-order valence-electron chi connectivity index (χ2n) is 6.84. The van der Waals surface area contributed by atoms with Crippen LogP contribution in [-0.2, 0) is 13.1 Å². The SMILES string of the molecule is CCn1cc(CN2CCC[C@@H](c3nc4ccccc4[nH]3)C2)cc1C#N. The number of hydrogen-bond donors (Lipinski definition) is 1. The summed E-state index contributed by atoms with van der Waals surface area (Å²) in [7, 11) is 0. The van der Waals surface area contributed by atoms with Crippen molar-refractivity contribution in [2.24, 2.45) is 0 Å². The Bertz CT molecular complexity index is 881. The Morgan fingerprint density at radius 2 is 2.24 bits per heavy atom. The number of piperidine rings is 1. The van der Waals surface area contributed by atoms with Gasteiger partial charge in [-0.1, -0.05) is 12.1 Å². The minimum absolute atomic E-state index is 0.449. The van der Waals surface area contributed by atoms with Crippen molar-refractivity contribution in [3.8, 4) is 6.07 Å². The maximum Gasteiger partial charge on any atom is 0.120 e. The molecule has 1 aliphatic rings. The molecule has 0 radical (unpaired) electrons. The number of aryl methyl sites for hydroxylation is 1. The van der Waals surface area contributed by atoms with Gasteiger partial charge >= 0.3 is 0 Å². The first-order valence-corrected chi connectivity index (χ1v) is 9.03. The van der Waals surface area contributed by atoms with E-state index < -0.39 is 0 Å². The molecule has 1 fully saturated rings. The number of aromatic amines is 1. The van der Waals surface area contributed by atoms with Gasteiger partial charge in [0.25, 0.3) is 0 Å². The van der Waals surface area contributed by atoms with Gasteiger partial charge in [-0.3, -0.25) is 4.90 Å². The van der Waals surface area contributed by atoms with Crippen LogP contribution in [0.5, 0.6) is 0 Å². The third-order valence-corrected chi connectivity index (χ3v) is 5.11. The van der Waals surface area contributed by atoms with Crippen LogP contribution in [0.4, 0.5) is 0 Å². The third kappa shape index (κ3) is 3.18. The van der Waals surface area contributed by atoms with Gasteiger partial charge in [-0.25, -0.2) is 4.98 Å². The molecule has 3 aromatic rings. The van der Waals surface area contributed by atoms with Crippen molar-refractivity contribution < 1.29 is 0 Å². The van der Waals surface area contributed by atoms with E-state index in [9.17, 15) is 5.26 Å². The van der Waals surface area contributed by atoms with Crippen LogP contribution in [0.15, 0.2) is 36.5 Å². The van der Waals surface area contributed by atoms with Crippen molar-refractivity contribution in [1.82, 2.24) is 19.4 Å². The zero-order valence-electron chi connectivity index (χ0n) is 14.6. The molecule has 1 N–H and O–H groups in total. The lowest BCUT2D eigenvalue weighted by atomic mass is 9.97. The van der Waals surface area contributed by atoms with Crippen molar-refractivity contribution in [2.75, 3.05) is 13.1 Å². The predicted molar refractivity (Wildman–Crippen MR) is 98.2 cm³/mol. The number of imidazole rings is 1. The lowest BCUT2D eigenvalue weighted by Crippen LogP contribution is -2.34. The molecule has 1 aliphatic heterocycles. The monoisotopic (exact) mass is 333 g/mol. The number of aromatic nitrogens is 3. The molecule has 2 aromatic heterocycles. The Balaban J connectivity index is 1.49. The van der Waals surface area contributed by atoms with Crippen LogP contribution in [0.1, 0.15) is 42.8 Å². The van der Waals surface area contributed by atoms with Crippen molar-refractivity contribution in [3.05, 3.63) is 53.6 Å². The molecule has 0 bridgehead atoms. The lowest BCUT2D eigenvalue weighted by molar-refractivity contribution is 0.197. The summed E-state index contributed by atoms with van der Waals surface area (Å²) in [6.07, 6.45) is 4.47. The predicted octanol–water partition coefficient (Wildman–Crippen LogP) is 3.64. The molecule has 25 heavy (non-hydrogen) atoms. The summed E-state index contributed by atoms with van der Waals surface area (Å²) in [4.78, 5) is 10.8. The molecule has 1 atom stereocenters. The van der Waals surface area contributed by atoms with Crippen LogP contribution in [0, 0.1) is 11.3 Å². The molecule has 5 nitrogen and oxygen atoms in total. The standard InChI is InChI=1S/C20H23N5/c1-2-25-13-15(10-17(25)11-21)12-24-9-5-6-16(14-24)20-22-18-7-3-4-8-19(18)23-20/h3-4,7-8,10,13,16H,2,5-6,9,12,14H2,1H3,(H,22,23)/t16-/m1/s1. The van der Waals surface area contributed by atoms with Crippen molar-refractivity contribution >= 4 is 11.0 Å². The van der Waals surface area contributed by atoms with Crippen molar-refractivity contribution in [1.29, 1.82) is 5.26 Å². The van der Waals surface area contributed by atoms with Gasteiger partial charge in [0.1, 0.15) is 17.6 Å². The first kappa shape index (κ1) is 15.9. The fraction of sp³-hybridized carbons (Fsp3) is 0.400. The van der Waals surface area contributed by atoms with E-state index in [0.29, 0.717) is 5.92 Å². The Morgan fingerprint density at radius 3 is 3.00 bits per heavy atom. The zero-order chi connectivity index (χ0) is 17.2. The van der Waals surface area contributed by atoms with E-state index in [1.54, 1.807) is 0 Å². The second-order valence-corrected chi connectivity index (χ2v) is 6.84. The van der Waals surface area contributed by atoms with Gasteiger partial charge in [0, 0.05) is 31.7 Å². The minimum Gasteiger partial charge on any atom is -0.342 e. The summed E-state index contributed by atoms with van der Waals surface area (Å²) in [6, 6.07) is 12.5. The Hall–Kier alpha value is -2.58. The number of rotatable bonds is 4. The minimum atomic E-state index is 0.449. The molecule has 0 aliphatic carbocycles. The molecule has 1 aromatic carbocycles. The first-order chi connectivity index (χ1) is 12.3. The summed E-state index contributed by atoms with van der Waals surface area (Å²) in [6.45, 7) is 5.93. The molecule has 0 amide bonds. The summed E-state index contributed by atoms with van der Waals surface area (Å²) in [5.41, 5.74) is 4.15. The number of fused-ring (bicyclic) bond motifs is 1.